The molecule has 230 valence electrons. The highest BCUT2D eigenvalue weighted by Gasteiger charge is 2.09. The monoisotopic (exact) mass is 926 g/mol. The normalized spacial score (nSPS) is 19.2. The van der Waals surface area contributed by atoms with Gasteiger partial charge in [0.25, 0.3) is 0 Å². The summed E-state index contributed by atoms with van der Waals surface area (Å²) in [4.78, 5) is 5.12. The fourth-order valence-electron chi connectivity index (χ4n) is 4.21. The van der Waals surface area contributed by atoms with E-state index in [0.29, 0.717) is 0 Å². The molecule has 6 N–H and O–H groups in total. The van der Waals surface area contributed by atoms with Crippen LogP contribution in [0, 0.1) is 0 Å². The van der Waals surface area contributed by atoms with E-state index in [1.807, 2.05) is 0 Å². The summed E-state index contributed by atoms with van der Waals surface area (Å²) >= 11 is 0. The van der Waals surface area contributed by atoms with Crippen molar-refractivity contribution in [3.63, 3.8) is 0 Å². The number of halogens is 6. The summed E-state index contributed by atoms with van der Waals surface area (Å²) < 4.78 is 0. The first-order valence-corrected chi connectivity index (χ1v) is 12.7. The molecule has 8 nitrogen and oxygen atoms in total. The number of hydrogen-bond acceptors (Lipinski definition) is 8. The Hall–Kier alpha value is 1.78. The zero-order chi connectivity index (χ0) is 22.1. The van der Waals surface area contributed by atoms with Gasteiger partial charge in [0.2, 0.25) is 0 Å². The van der Waals surface area contributed by atoms with Crippen LogP contribution in [0.3, 0.4) is 0 Å². The van der Waals surface area contributed by atoms with Gasteiger partial charge in [-0.05, 0) is 11.1 Å². The summed E-state index contributed by atoms with van der Waals surface area (Å²) in [6.45, 7) is 18.9. The number of nitrogens with one attached hydrogen (secondary N) is 6. The lowest BCUT2D eigenvalue weighted by Gasteiger charge is -2.25. The fraction of sp³-hybridized carbons (Fsp3) is 0.750. The number of nitrogens with zero attached hydrogens (tertiary/aromatic N) is 2. The van der Waals surface area contributed by atoms with Crippen molar-refractivity contribution in [2.75, 3.05) is 105 Å². The topological polar surface area (TPSA) is 78.7 Å². The quantitative estimate of drug-likeness (QED) is 0.276. The maximum atomic E-state index is 3.56. The molecule has 0 aliphatic carbocycles. The minimum Gasteiger partial charge on any atom is -0.314 e. The van der Waals surface area contributed by atoms with Crippen molar-refractivity contribution in [1.29, 1.82) is 0 Å². The smallest absolute Gasteiger partial charge is 0.0234 e. The maximum absolute atomic E-state index is 3.56. The molecule has 0 bridgehead atoms. The molecule has 2 aliphatic rings. The first-order chi connectivity index (χ1) is 15.9. The first kappa shape index (κ1) is 46.7. The molecule has 38 heavy (non-hydrogen) atoms. The predicted octanol–water partition coefficient (Wildman–Crippen LogP) is 2.32. The molecule has 0 unspecified atom stereocenters. The SMILES string of the molecule is Br.Br.Br.Br.Br.Br.c1cc(CN2CCNCCNCCNCC2)ccc1CN1CCNCCNCCNCC1. The highest BCUT2D eigenvalue weighted by atomic mass is 79.9. The zero-order valence-corrected chi connectivity index (χ0v) is 32.7. The van der Waals surface area contributed by atoms with Crippen molar-refractivity contribution in [1.82, 2.24) is 41.7 Å². The molecule has 2 fully saturated rings. The Kier molecular flexibility index (Phi) is 39.0. The van der Waals surface area contributed by atoms with Gasteiger partial charge in [-0.3, -0.25) is 9.80 Å². The third kappa shape index (κ3) is 22.4. The van der Waals surface area contributed by atoms with Crippen LogP contribution in [0.25, 0.3) is 0 Å². The molecule has 2 heterocycles. The lowest BCUT2D eigenvalue weighted by Crippen LogP contribution is -2.41. The average Bonchev–Trinajstić information content (AvgIpc) is 2.79. The third-order valence-electron chi connectivity index (χ3n) is 6.17. The van der Waals surface area contributed by atoms with Crippen LogP contribution < -0.4 is 31.9 Å². The van der Waals surface area contributed by atoms with Crippen LogP contribution in [0.5, 0.6) is 0 Å². The van der Waals surface area contributed by atoms with Gasteiger partial charge in [-0.1, -0.05) is 24.3 Å². The van der Waals surface area contributed by atoms with E-state index in [2.05, 4.69) is 66.0 Å². The molecular formula is C24H52Br6N8. The van der Waals surface area contributed by atoms with Crippen LogP contribution >= 0.6 is 102 Å². The predicted molar refractivity (Wildman–Crippen MR) is 196 cm³/mol. The molecular weight excluding hydrogens is 880 g/mol. The van der Waals surface area contributed by atoms with Crippen molar-refractivity contribution in [3.8, 4) is 0 Å². The number of benzene rings is 1. The van der Waals surface area contributed by atoms with Gasteiger partial charge in [-0.2, -0.15) is 0 Å². The van der Waals surface area contributed by atoms with Gasteiger partial charge in [-0.25, -0.2) is 0 Å². The first-order valence-electron chi connectivity index (χ1n) is 12.7. The van der Waals surface area contributed by atoms with Gasteiger partial charge >= 0.3 is 0 Å². The van der Waals surface area contributed by atoms with Crippen LogP contribution in [-0.2, 0) is 13.1 Å². The molecule has 1 aromatic rings. The van der Waals surface area contributed by atoms with Crippen molar-refractivity contribution >= 4 is 102 Å². The molecule has 0 atom stereocenters. The van der Waals surface area contributed by atoms with Crippen molar-refractivity contribution in [3.05, 3.63) is 35.4 Å². The molecule has 0 spiro atoms. The zero-order valence-electron chi connectivity index (χ0n) is 22.4. The average molecular weight is 932 g/mol. The van der Waals surface area contributed by atoms with Crippen molar-refractivity contribution in [2.45, 2.75) is 13.1 Å². The van der Waals surface area contributed by atoms with E-state index < -0.39 is 0 Å². The Morgan fingerprint density at radius 3 is 0.816 bits per heavy atom. The fourth-order valence-corrected chi connectivity index (χ4v) is 4.21. The molecule has 2 saturated heterocycles. The van der Waals surface area contributed by atoms with Gasteiger partial charge in [0, 0.05) is 118 Å². The van der Waals surface area contributed by atoms with Crippen LogP contribution in [0.2, 0.25) is 0 Å². The van der Waals surface area contributed by atoms with E-state index in [9.17, 15) is 0 Å². The van der Waals surface area contributed by atoms with Crippen LogP contribution in [-0.4, -0.2) is 115 Å². The Morgan fingerprint density at radius 2 is 0.579 bits per heavy atom. The Labute approximate surface area is 294 Å². The molecule has 0 radical (unpaired) electrons. The lowest BCUT2D eigenvalue weighted by molar-refractivity contribution is 0.261. The summed E-state index contributed by atoms with van der Waals surface area (Å²) in [6.07, 6.45) is 0. The molecule has 1 aromatic carbocycles. The largest absolute Gasteiger partial charge is 0.314 e. The van der Waals surface area contributed by atoms with Crippen molar-refractivity contribution in [2.24, 2.45) is 0 Å². The van der Waals surface area contributed by atoms with Crippen LogP contribution in [0.4, 0.5) is 0 Å². The van der Waals surface area contributed by atoms with Gasteiger partial charge in [-0.15, -0.1) is 102 Å². The van der Waals surface area contributed by atoms with Crippen molar-refractivity contribution < 1.29 is 0 Å². The second-order valence-electron chi connectivity index (χ2n) is 8.87. The van der Waals surface area contributed by atoms with Gasteiger partial charge < -0.3 is 31.9 Å². The lowest BCUT2D eigenvalue weighted by atomic mass is 10.1. The summed E-state index contributed by atoms with van der Waals surface area (Å²) in [7, 11) is 0. The minimum atomic E-state index is 0. The van der Waals surface area contributed by atoms with Gasteiger partial charge in [0.05, 0.1) is 0 Å². The molecule has 0 saturated carbocycles. The summed E-state index contributed by atoms with van der Waals surface area (Å²) in [5.74, 6) is 0. The van der Waals surface area contributed by atoms with Crippen LogP contribution in [0.1, 0.15) is 11.1 Å². The van der Waals surface area contributed by atoms with E-state index in [1.165, 1.54) is 11.1 Å². The molecule has 0 amide bonds. The Bertz CT molecular complexity index is 531. The minimum absolute atomic E-state index is 0. The van der Waals surface area contributed by atoms with E-state index in [0.717, 1.165) is 118 Å². The molecule has 0 aromatic heterocycles. The molecule has 2 aliphatic heterocycles. The van der Waals surface area contributed by atoms with E-state index in [-0.39, 0.29) is 102 Å². The molecule has 3 rings (SSSR count). The second kappa shape index (κ2) is 31.7. The van der Waals surface area contributed by atoms with Gasteiger partial charge in [0.1, 0.15) is 0 Å². The maximum Gasteiger partial charge on any atom is 0.0234 e. The van der Waals surface area contributed by atoms with E-state index in [1.54, 1.807) is 0 Å². The van der Waals surface area contributed by atoms with E-state index in [4.69, 9.17) is 0 Å². The Morgan fingerprint density at radius 1 is 0.368 bits per heavy atom. The van der Waals surface area contributed by atoms with E-state index >= 15 is 0 Å². The summed E-state index contributed by atoms with van der Waals surface area (Å²) in [5.41, 5.74) is 2.82. The van der Waals surface area contributed by atoms with Crippen LogP contribution in [0.15, 0.2) is 24.3 Å². The standard InChI is InChI=1S/C24H46N8.6BrH/c1-2-24(22-32-19-15-29-11-7-26-8-12-30-16-20-32)4-3-23(1)21-31-17-13-27-9-5-25-6-10-28-14-18-31;;;;;;/h1-4,25-30H,5-22H2;6*1H. The third-order valence-corrected chi connectivity index (χ3v) is 6.17. The number of rotatable bonds is 4. The highest BCUT2D eigenvalue weighted by molar-refractivity contribution is 8.93. The summed E-state index contributed by atoms with van der Waals surface area (Å²) in [5, 5.41) is 21.1. The second-order valence-corrected chi connectivity index (χ2v) is 8.87. The number of hydrogen-bond donors (Lipinski definition) is 6. The Balaban J connectivity index is -0.000000963. The molecule has 14 heteroatoms. The van der Waals surface area contributed by atoms with Gasteiger partial charge in [0.15, 0.2) is 0 Å². The highest BCUT2D eigenvalue weighted by Crippen LogP contribution is 2.10. The summed E-state index contributed by atoms with van der Waals surface area (Å²) in [6, 6.07) is 9.31.